The van der Waals surface area contributed by atoms with Gasteiger partial charge in [-0.2, -0.15) is 0 Å². The molecule has 0 saturated heterocycles. The van der Waals surface area contributed by atoms with Gasteiger partial charge >= 0.3 is 5.97 Å². The Balaban J connectivity index is 3.25. The summed E-state index contributed by atoms with van der Waals surface area (Å²) in [5, 5.41) is 0. The molecule has 0 spiro atoms. The van der Waals surface area contributed by atoms with Crippen molar-refractivity contribution in [2.45, 2.75) is 13.1 Å². The van der Waals surface area contributed by atoms with Crippen molar-refractivity contribution >= 4 is 22.2 Å². The molecule has 0 saturated carbocycles. The molecule has 0 radical (unpaired) electrons. The zero-order valence-corrected chi connectivity index (χ0v) is 9.08. The first-order valence-corrected chi connectivity index (χ1v) is 4.73. The van der Waals surface area contributed by atoms with Crippen LogP contribution in [-0.2, 0) is 16.9 Å². The summed E-state index contributed by atoms with van der Waals surface area (Å²) >= 11 is 2.65. The van der Waals surface area contributed by atoms with Crippen LogP contribution in [0.5, 0.6) is 0 Å². The number of nitrogens with two attached hydrogens (primary N) is 2. The molecule has 14 heavy (non-hydrogen) atoms. The molecule has 0 atom stereocenters. The lowest BCUT2D eigenvalue weighted by molar-refractivity contribution is 0.0779. The second kappa shape index (κ2) is 5.09. The van der Waals surface area contributed by atoms with Crippen molar-refractivity contribution in [1.82, 2.24) is 0 Å². The second-order valence-corrected chi connectivity index (χ2v) is 3.05. The van der Waals surface area contributed by atoms with Crippen LogP contribution < -0.4 is 11.5 Å². The van der Waals surface area contributed by atoms with Crippen LogP contribution in [0.1, 0.15) is 21.5 Å². The Hall–Kier alpha value is -0.910. The molecular formula is C9H11BrN2O2. The molecule has 0 heterocycles. The van der Waals surface area contributed by atoms with Gasteiger partial charge < -0.3 is 15.3 Å². The van der Waals surface area contributed by atoms with Crippen LogP contribution in [-0.4, -0.2) is 5.97 Å². The smallest absolute Gasteiger partial charge is 0.350 e. The maximum Gasteiger partial charge on any atom is 0.350 e. The highest BCUT2D eigenvalue weighted by atomic mass is 79.9. The number of rotatable bonds is 3. The van der Waals surface area contributed by atoms with Crippen LogP contribution in [0.3, 0.4) is 0 Å². The zero-order chi connectivity index (χ0) is 10.6. The van der Waals surface area contributed by atoms with Crippen LogP contribution in [0.15, 0.2) is 18.2 Å². The quantitative estimate of drug-likeness (QED) is 0.851. The Labute approximate surface area is 90.7 Å². The van der Waals surface area contributed by atoms with Gasteiger partial charge in [-0.05, 0) is 11.1 Å². The molecule has 0 aliphatic heterocycles. The minimum Gasteiger partial charge on any atom is -0.380 e. The van der Waals surface area contributed by atoms with Crippen molar-refractivity contribution in [3.05, 3.63) is 34.9 Å². The molecule has 4 nitrogen and oxygen atoms in total. The fourth-order valence-electron chi connectivity index (χ4n) is 1.29. The van der Waals surface area contributed by atoms with Gasteiger partial charge in [-0.15, -0.1) is 0 Å². The molecule has 1 aromatic rings. The van der Waals surface area contributed by atoms with Gasteiger partial charge in [0, 0.05) is 13.1 Å². The van der Waals surface area contributed by atoms with Gasteiger partial charge in [0.05, 0.1) is 5.56 Å². The number of halogens is 1. The van der Waals surface area contributed by atoms with Gasteiger partial charge in [-0.3, -0.25) is 0 Å². The Bertz CT molecular complexity index is 319. The summed E-state index contributed by atoms with van der Waals surface area (Å²) in [7, 11) is 0. The Kier molecular flexibility index (Phi) is 4.06. The predicted octanol–water partition coefficient (Wildman–Crippen LogP) is 1.07. The van der Waals surface area contributed by atoms with Crippen molar-refractivity contribution < 1.29 is 8.62 Å². The average Bonchev–Trinajstić information content (AvgIpc) is 2.26. The van der Waals surface area contributed by atoms with Crippen molar-refractivity contribution in [3.8, 4) is 0 Å². The lowest BCUT2D eigenvalue weighted by Crippen LogP contribution is -2.13. The number of hydrogen-bond donors (Lipinski definition) is 2. The monoisotopic (exact) mass is 258 g/mol. The Morgan fingerprint density at radius 2 is 1.79 bits per heavy atom. The zero-order valence-electron chi connectivity index (χ0n) is 7.50. The molecule has 0 aliphatic carbocycles. The maximum absolute atomic E-state index is 11.4. The SMILES string of the molecule is NCc1cccc(CN)c1C(=O)OBr. The summed E-state index contributed by atoms with van der Waals surface area (Å²) in [5.41, 5.74) is 12.9. The minimum atomic E-state index is -0.466. The maximum atomic E-state index is 11.4. The summed E-state index contributed by atoms with van der Waals surface area (Å²) in [5.74, 6) is -0.466. The first kappa shape index (κ1) is 11.2. The third-order valence-electron chi connectivity index (χ3n) is 1.95. The van der Waals surface area contributed by atoms with Crippen LogP contribution in [0.4, 0.5) is 0 Å². The van der Waals surface area contributed by atoms with E-state index >= 15 is 0 Å². The molecule has 0 aromatic heterocycles. The number of benzene rings is 1. The Morgan fingerprint density at radius 3 is 2.14 bits per heavy atom. The molecule has 0 aliphatic rings. The molecule has 0 bridgehead atoms. The van der Waals surface area contributed by atoms with E-state index in [0.29, 0.717) is 5.56 Å². The molecule has 76 valence electrons. The van der Waals surface area contributed by atoms with E-state index in [9.17, 15) is 4.79 Å². The predicted molar refractivity (Wildman–Crippen MR) is 56.6 cm³/mol. The molecule has 4 N–H and O–H groups in total. The molecule has 0 fully saturated rings. The van der Waals surface area contributed by atoms with Gasteiger partial charge in [0.25, 0.3) is 0 Å². The molecule has 1 aromatic carbocycles. The largest absolute Gasteiger partial charge is 0.380 e. The first-order valence-electron chi connectivity index (χ1n) is 4.08. The third kappa shape index (κ3) is 2.12. The van der Waals surface area contributed by atoms with Gasteiger partial charge in [-0.25, -0.2) is 4.79 Å². The van der Waals surface area contributed by atoms with Crippen molar-refractivity contribution in [1.29, 1.82) is 0 Å². The summed E-state index contributed by atoms with van der Waals surface area (Å²) in [6, 6.07) is 5.37. The van der Waals surface area contributed by atoms with Crippen LogP contribution in [0.25, 0.3) is 0 Å². The summed E-state index contributed by atoms with van der Waals surface area (Å²) in [4.78, 5) is 11.4. The van der Waals surface area contributed by atoms with E-state index in [1.165, 1.54) is 0 Å². The number of carbonyl (C=O) groups is 1. The molecular weight excluding hydrogens is 248 g/mol. The van der Waals surface area contributed by atoms with E-state index in [1.807, 2.05) is 6.07 Å². The standard InChI is InChI=1S/C9H11BrN2O2/c10-14-9(13)8-6(4-11)2-1-3-7(8)5-12/h1-3H,4-5,11-12H2. The minimum absolute atomic E-state index is 0.283. The van der Waals surface area contributed by atoms with Crippen molar-refractivity contribution in [2.75, 3.05) is 0 Å². The molecule has 1 rings (SSSR count). The lowest BCUT2D eigenvalue weighted by atomic mass is 10.0. The molecule has 0 unspecified atom stereocenters. The molecule has 5 heteroatoms. The van der Waals surface area contributed by atoms with Gasteiger partial charge in [-0.1, -0.05) is 18.2 Å². The van der Waals surface area contributed by atoms with Gasteiger partial charge in [0.2, 0.25) is 0 Å². The number of carbonyl (C=O) groups excluding carboxylic acids is 1. The van der Waals surface area contributed by atoms with E-state index < -0.39 is 5.97 Å². The fourth-order valence-corrected chi connectivity index (χ4v) is 1.46. The van der Waals surface area contributed by atoms with E-state index in [1.54, 1.807) is 12.1 Å². The summed E-state index contributed by atoms with van der Waals surface area (Å²) in [6.45, 7) is 0.566. The molecule has 0 amide bonds. The normalized spacial score (nSPS) is 9.93. The van der Waals surface area contributed by atoms with Crippen LogP contribution in [0.2, 0.25) is 0 Å². The number of hydrogen-bond acceptors (Lipinski definition) is 4. The van der Waals surface area contributed by atoms with Crippen LogP contribution in [0, 0.1) is 0 Å². The van der Waals surface area contributed by atoms with Crippen molar-refractivity contribution in [3.63, 3.8) is 0 Å². The summed E-state index contributed by atoms with van der Waals surface area (Å²) in [6.07, 6.45) is 0. The lowest BCUT2D eigenvalue weighted by Gasteiger charge is -2.09. The highest BCUT2D eigenvalue weighted by Gasteiger charge is 2.15. The topological polar surface area (TPSA) is 78.3 Å². The summed E-state index contributed by atoms with van der Waals surface area (Å²) < 4.78 is 4.48. The highest BCUT2D eigenvalue weighted by molar-refractivity contribution is 9.06. The van der Waals surface area contributed by atoms with E-state index in [-0.39, 0.29) is 13.1 Å². The highest BCUT2D eigenvalue weighted by Crippen LogP contribution is 2.16. The van der Waals surface area contributed by atoms with E-state index in [2.05, 4.69) is 20.1 Å². The fraction of sp³-hybridized carbons (Fsp3) is 0.222. The van der Waals surface area contributed by atoms with Gasteiger partial charge in [0.1, 0.15) is 0 Å². The average molecular weight is 259 g/mol. The van der Waals surface area contributed by atoms with Crippen molar-refractivity contribution in [2.24, 2.45) is 11.5 Å². The first-order chi connectivity index (χ1) is 6.74. The van der Waals surface area contributed by atoms with E-state index in [4.69, 9.17) is 11.5 Å². The van der Waals surface area contributed by atoms with Gasteiger partial charge in [0.15, 0.2) is 16.3 Å². The van der Waals surface area contributed by atoms with Crippen LogP contribution >= 0.6 is 16.3 Å². The van der Waals surface area contributed by atoms with E-state index in [0.717, 1.165) is 11.1 Å². The second-order valence-electron chi connectivity index (χ2n) is 2.72. The Morgan fingerprint density at radius 1 is 1.29 bits per heavy atom. The third-order valence-corrected chi connectivity index (χ3v) is 2.25.